The molecule has 2 N–H and O–H groups in total. The molecule has 5 saturated carbocycles. The minimum atomic E-state index is -0.211. The fraction of sp³-hybridized carbons (Fsp3) is 0.588. The number of hydrogen-bond donors (Lipinski definition) is 1. The minimum absolute atomic E-state index is 0.0780. The van der Waals surface area contributed by atoms with Gasteiger partial charge >= 0.3 is 0 Å². The van der Waals surface area contributed by atoms with Gasteiger partial charge in [0, 0.05) is 0 Å². The van der Waals surface area contributed by atoms with E-state index in [4.69, 9.17) is 5.73 Å². The Bertz CT molecular complexity index is 617. The van der Waals surface area contributed by atoms with Crippen LogP contribution in [0.25, 0.3) is 0 Å². The summed E-state index contributed by atoms with van der Waals surface area (Å²) < 4.78 is 13.1. The van der Waals surface area contributed by atoms with Gasteiger partial charge in [-0.1, -0.05) is 12.1 Å². The molecule has 5 atom stereocenters. The Labute approximate surface area is 117 Å². The second kappa shape index (κ2) is 2.95. The molecule has 2 nitrogen and oxygen atoms in total. The molecule has 0 radical (unpaired) electrons. The molecule has 5 aliphatic rings. The van der Waals surface area contributed by atoms with Crippen molar-refractivity contribution in [3.8, 4) is 0 Å². The van der Waals surface area contributed by atoms with E-state index in [-0.39, 0.29) is 17.1 Å². The predicted molar refractivity (Wildman–Crippen MR) is 72.2 cm³/mol. The van der Waals surface area contributed by atoms with E-state index in [1.165, 1.54) is 18.4 Å². The van der Waals surface area contributed by atoms with Crippen molar-refractivity contribution >= 4 is 5.91 Å². The van der Waals surface area contributed by atoms with Crippen LogP contribution in [0.4, 0.5) is 4.39 Å². The van der Waals surface area contributed by atoms with Crippen LogP contribution in [0.5, 0.6) is 0 Å². The minimum Gasteiger partial charge on any atom is -0.369 e. The van der Waals surface area contributed by atoms with Gasteiger partial charge in [0.2, 0.25) is 5.91 Å². The van der Waals surface area contributed by atoms with Gasteiger partial charge in [0.05, 0.1) is 5.41 Å². The topological polar surface area (TPSA) is 43.1 Å². The van der Waals surface area contributed by atoms with E-state index in [9.17, 15) is 9.18 Å². The zero-order chi connectivity index (χ0) is 13.8. The van der Waals surface area contributed by atoms with E-state index in [0.717, 1.165) is 19.3 Å². The van der Waals surface area contributed by atoms with Gasteiger partial charge in [0.1, 0.15) is 5.82 Å². The molecule has 0 aromatic heterocycles. The standard InChI is InChI=1S/C17H18FNO/c18-12-3-1-11(2-4-12)13-16-6-10-5-15(8-16,14(19)20)9-17(13,16)7-10/h1-4,10,13H,5-9H2,(H2,19,20)/t10?,13?,15?,16-,17?/m1/s1. The van der Waals surface area contributed by atoms with Crippen molar-refractivity contribution in [3.63, 3.8) is 0 Å². The van der Waals surface area contributed by atoms with Gasteiger partial charge < -0.3 is 5.73 Å². The molecule has 1 amide bonds. The summed E-state index contributed by atoms with van der Waals surface area (Å²) in [6.07, 6.45) is 5.48. The zero-order valence-corrected chi connectivity index (χ0v) is 11.4. The fourth-order valence-electron chi connectivity index (χ4n) is 6.86. The van der Waals surface area contributed by atoms with Gasteiger partial charge in [-0.2, -0.15) is 0 Å². The first-order chi connectivity index (χ1) is 9.51. The summed E-state index contributed by atoms with van der Waals surface area (Å²) in [7, 11) is 0. The maximum Gasteiger partial charge on any atom is 0.223 e. The fourth-order valence-corrected chi connectivity index (χ4v) is 6.86. The molecule has 0 aliphatic heterocycles. The van der Waals surface area contributed by atoms with Crippen LogP contribution >= 0.6 is 0 Å². The largest absolute Gasteiger partial charge is 0.369 e. The third kappa shape index (κ3) is 0.971. The van der Waals surface area contributed by atoms with E-state index < -0.39 is 0 Å². The number of amides is 1. The lowest BCUT2D eigenvalue weighted by Crippen LogP contribution is -2.44. The Morgan fingerprint density at radius 2 is 1.70 bits per heavy atom. The first kappa shape index (κ1) is 11.3. The molecule has 0 saturated heterocycles. The lowest BCUT2D eigenvalue weighted by atomic mass is 9.61. The molecule has 0 heterocycles. The summed E-state index contributed by atoms with van der Waals surface area (Å²) in [5.41, 5.74) is 7.39. The lowest BCUT2D eigenvalue weighted by molar-refractivity contribution is -0.132. The summed E-state index contributed by atoms with van der Waals surface area (Å²) >= 11 is 0. The molecular formula is C17H18FNO. The molecule has 3 heteroatoms. The number of carbonyl (C=O) groups excluding carboxylic acids is 1. The highest BCUT2D eigenvalue weighted by atomic mass is 19.1. The highest BCUT2D eigenvalue weighted by Gasteiger charge is 2.88. The van der Waals surface area contributed by atoms with Gasteiger partial charge in [-0.05, 0) is 72.5 Å². The van der Waals surface area contributed by atoms with Crippen molar-refractivity contribution < 1.29 is 9.18 Å². The second-order valence-electron chi connectivity index (χ2n) is 7.77. The highest BCUT2D eigenvalue weighted by molar-refractivity contribution is 5.83. The van der Waals surface area contributed by atoms with Crippen LogP contribution < -0.4 is 5.73 Å². The molecule has 104 valence electrons. The molecule has 1 aromatic carbocycles. The first-order valence-electron chi connectivity index (χ1n) is 7.57. The third-order valence-corrected chi connectivity index (χ3v) is 7.03. The highest BCUT2D eigenvalue weighted by Crippen LogP contribution is 2.95. The van der Waals surface area contributed by atoms with Crippen LogP contribution in [0.3, 0.4) is 0 Å². The third-order valence-electron chi connectivity index (χ3n) is 7.03. The number of primary amides is 1. The zero-order valence-electron chi connectivity index (χ0n) is 11.4. The molecule has 1 aromatic rings. The van der Waals surface area contributed by atoms with Crippen LogP contribution in [-0.2, 0) is 4.79 Å². The summed E-state index contributed by atoms with van der Waals surface area (Å²) in [4.78, 5) is 11.9. The normalized spacial score (nSPS) is 50.2. The number of hydrogen-bond acceptors (Lipinski definition) is 1. The molecule has 20 heavy (non-hydrogen) atoms. The van der Waals surface area contributed by atoms with Crippen molar-refractivity contribution in [1.29, 1.82) is 0 Å². The monoisotopic (exact) mass is 271 g/mol. The van der Waals surface area contributed by atoms with E-state index in [1.807, 2.05) is 12.1 Å². The van der Waals surface area contributed by atoms with Crippen molar-refractivity contribution in [2.24, 2.45) is 27.9 Å². The van der Waals surface area contributed by atoms with Crippen LogP contribution in [-0.4, -0.2) is 5.91 Å². The van der Waals surface area contributed by atoms with Crippen LogP contribution in [0.2, 0.25) is 0 Å². The first-order valence-corrected chi connectivity index (χ1v) is 7.57. The Kier molecular flexibility index (Phi) is 1.67. The van der Waals surface area contributed by atoms with Crippen LogP contribution in [0.15, 0.2) is 24.3 Å². The molecule has 4 unspecified atom stereocenters. The van der Waals surface area contributed by atoms with Crippen molar-refractivity contribution in [2.75, 3.05) is 0 Å². The molecule has 6 rings (SSSR count). The Morgan fingerprint density at radius 1 is 1.10 bits per heavy atom. The average molecular weight is 271 g/mol. The number of benzene rings is 1. The van der Waals surface area contributed by atoms with E-state index in [0.29, 0.717) is 22.7 Å². The van der Waals surface area contributed by atoms with Crippen LogP contribution in [0, 0.1) is 28.0 Å². The Morgan fingerprint density at radius 3 is 2.25 bits per heavy atom. The van der Waals surface area contributed by atoms with E-state index >= 15 is 0 Å². The maximum absolute atomic E-state index is 13.1. The maximum atomic E-state index is 13.1. The summed E-state index contributed by atoms with van der Waals surface area (Å²) in [5.74, 6) is 0.989. The van der Waals surface area contributed by atoms with Crippen molar-refractivity contribution in [3.05, 3.63) is 35.6 Å². The smallest absolute Gasteiger partial charge is 0.223 e. The number of nitrogens with two attached hydrogens (primary N) is 1. The summed E-state index contributed by atoms with van der Waals surface area (Å²) in [6, 6.07) is 7.01. The average Bonchev–Trinajstić information content (AvgIpc) is 2.66. The summed E-state index contributed by atoms with van der Waals surface area (Å²) in [6.45, 7) is 0. The van der Waals surface area contributed by atoms with Gasteiger partial charge in [0.15, 0.2) is 0 Å². The van der Waals surface area contributed by atoms with E-state index in [1.54, 1.807) is 12.1 Å². The predicted octanol–water partition coefficient (Wildman–Crippen LogP) is 2.97. The van der Waals surface area contributed by atoms with Gasteiger partial charge in [0.25, 0.3) is 0 Å². The van der Waals surface area contributed by atoms with Gasteiger partial charge in [-0.25, -0.2) is 4.39 Å². The lowest BCUT2D eigenvalue weighted by Gasteiger charge is -2.43. The van der Waals surface area contributed by atoms with Gasteiger partial charge in [-0.15, -0.1) is 0 Å². The molecule has 5 aliphatic carbocycles. The Hall–Kier alpha value is -1.38. The second-order valence-corrected chi connectivity index (χ2v) is 7.77. The number of halogens is 1. The molecule has 2 spiro atoms. The van der Waals surface area contributed by atoms with Crippen molar-refractivity contribution in [2.45, 2.75) is 38.0 Å². The molecular weight excluding hydrogens is 253 g/mol. The SMILES string of the molecule is NC(=O)C12CC3CC4(C1)C(c1ccc(F)cc1)[C@@]4(C3)C2. The Balaban J connectivity index is 1.57. The van der Waals surface area contributed by atoms with Crippen LogP contribution in [0.1, 0.15) is 43.6 Å². The number of carbonyl (C=O) groups is 1. The molecule has 4 bridgehead atoms. The van der Waals surface area contributed by atoms with Crippen molar-refractivity contribution in [1.82, 2.24) is 0 Å². The summed E-state index contributed by atoms with van der Waals surface area (Å²) in [5, 5.41) is 0. The number of rotatable bonds is 2. The van der Waals surface area contributed by atoms with Gasteiger partial charge in [-0.3, -0.25) is 4.79 Å². The molecule has 5 fully saturated rings. The van der Waals surface area contributed by atoms with E-state index in [2.05, 4.69) is 0 Å². The quantitative estimate of drug-likeness (QED) is 0.883.